The van der Waals surface area contributed by atoms with Crippen LogP contribution in [0.4, 0.5) is 14.5 Å². The molecule has 5 nitrogen and oxygen atoms in total. The molecule has 8 heteroatoms. The first-order chi connectivity index (χ1) is 13.7. The van der Waals surface area contributed by atoms with Gasteiger partial charge in [-0.05, 0) is 49.2 Å². The van der Waals surface area contributed by atoms with E-state index in [4.69, 9.17) is 21.4 Å². The molecule has 1 aliphatic heterocycles. The second-order valence-electron chi connectivity index (χ2n) is 7.16. The summed E-state index contributed by atoms with van der Waals surface area (Å²) >= 11 is 6.05. The van der Waals surface area contributed by atoms with Gasteiger partial charge in [0.2, 0.25) is 0 Å². The van der Waals surface area contributed by atoms with Crippen LogP contribution in [0.2, 0.25) is 5.02 Å². The van der Waals surface area contributed by atoms with Gasteiger partial charge in [0.05, 0.1) is 17.6 Å². The van der Waals surface area contributed by atoms with Crippen LogP contribution < -0.4 is 9.75 Å². The molecule has 0 saturated heterocycles. The van der Waals surface area contributed by atoms with Gasteiger partial charge in [0, 0.05) is 17.2 Å². The number of hydrogen-bond acceptors (Lipinski definition) is 4. The lowest BCUT2D eigenvalue weighted by atomic mass is 10.0. The third kappa shape index (κ3) is 5.03. The summed E-state index contributed by atoms with van der Waals surface area (Å²) in [6, 6.07) is 9.15. The molecule has 0 bridgehead atoms. The maximum Gasteiger partial charge on any atom is 0.306 e. The number of hydrazone groups is 1. The van der Waals surface area contributed by atoms with E-state index in [0.29, 0.717) is 11.4 Å². The molecule has 2 aromatic carbocycles. The van der Waals surface area contributed by atoms with Crippen molar-refractivity contribution in [1.29, 1.82) is 0 Å². The highest BCUT2D eigenvalue weighted by Crippen LogP contribution is 2.29. The lowest BCUT2D eigenvalue weighted by molar-refractivity contribution is -0.141. The van der Waals surface area contributed by atoms with Gasteiger partial charge in [-0.2, -0.15) is 5.10 Å². The third-order valence-electron chi connectivity index (χ3n) is 4.67. The Morgan fingerprint density at radius 3 is 2.66 bits per heavy atom. The molecule has 1 heterocycles. The van der Waals surface area contributed by atoms with Crippen LogP contribution in [-0.4, -0.2) is 29.4 Å². The highest BCUT2D eigenvalue weighted by atomic mass is 35.5. The molecule has 0 radical (unpaired) electrons. The molecule has 0 aliphatic carbocycles. The van der Waals surface area contributed by atoms with Gasteiger partial charge in [0.1, 0.15) is 6.61 Å². The van der Waals surface area contributed by atoms with Gasteiger partial charge in [0.15, 0.2) is 17.4 Å². The molecule has 1 N–H and O–H groups in total. The average molecular weight is 423 g/mol. The first-order valence-corrected chi connectivity index (χ1v) is 9.54. The van der Waals surface area contributed by atoms with Gasteiger partial charge >= 0.3 is 5.97 Å². The number of carboxylic acids is 1. The number of halogens is 3. The van der Waals surface area contributed by atoms with Gasteiger partial charge in [-0.25, -0.2) is 8.78 Å². The molecule has 2 atom stereocenters. The molecule has 3 rings (SSSR count). The Balaban J connectivity index is 1.73. The van der Waals surface area contributed by atoms with Crippen molar-refractivity contribution in [3.05, 3.63) is 58.6 Å². The fourth-order valence-corrected chi connectivity index (χ4v) is 3.42. The maximum absolute atomic E-state index is 14.4. The lowest BCUT2D eigenvalue weighted by Gasteiger charge is -2.24. The predicted octanol–water partition coefficient (Wildman–Crippen LogP) is 4.92. The molecule has 1 aliphatic rings. The Kier molecular flexibility index (Phi) is 6.37. The van der Waals surface area contributed by atoms with E-state index in [1.54, 1.807) is 23.2 Å². The van der Waals surface area contributed by atoms with Crippen molar-refractivity contribution in [2.45, 2.75) is 32.7 Å². The molecule has 0 aromatic heterocycles. The third-order valence-corrected chi connectivity index (χ3v) is 4.90. The van der Waals surface area contributed by atoms with E-state index in [9.17, 15) is 13.6 Å². The van der Waals surface area contributed by atoms with Gasteiger partial charge in [-0.1, -0.05) is 24.6 Å². The van der Waals surface area contributed by atoms with Crippen LogP contribution in [0.15, 0.2) is 41.5 Å². The summed E-state index contributed by atoms with van der Waals surface area (Å²) in [6.45, 7) is 3.37. The highest BCUT2D eigenvalue weighted by molar-refractivity contribution is 6.30. The van der Waals surface area contributed by atoms with E-state index in [2.05, 4.69) is 5.10 Å². The van der Waals surface area contributed by atoms with Gasteiger partial charge in [0.25, 0.3) is 0 Å². The Bertz CT molecular complexity index is 928. The van der Waals surface area contributed by atoms with Crippen LogP contribution in [0.1, 0.15) is 25.8 Å². The number of carboxylic acid groups (broad SMARTS) is 1. The first kappa shape index (κ1) is 21.0. The molecule has 0 fully saturated rings. The number of benzene rings is 2. The molecule has 154 valence electrons. The van der Waals surface area contributed by atoms with Crippen LogP contribution >= 0.6 is 11.6 Å². The van der Waals surface area contributed by atoms with Gasteiger partial charge in [-0.15, -0.1) is 0 Å². The summed E-state index contributed by atoms with van der Waals surface area (Å²) in [5.74, 6) is -3.97. The maximum atomic E-state index is 14.4. The number of nitrogens with zero attached hydrogens (tertiary/aromatic N) is 2. The quantitative estimate of drug-likeness (QED) is 0.688. The monoisotopic (exact) mass is 422 g/mol. The van der Waals surface area contributed by atoms with Crippen LogP contribution in [0.25, 0.3) is 0 Å². The van der Waals surface area contributed by atoms with Crippen LogP contribution in [0, 0.1) is 17.6 Å². The summed E-state index contributed by atoms with van der Waals surface area (Å²) in [7, 11) is 0. The van der Waals surface area contributed by atoms with E-state index in [1.807, 2.05) is 13.0 Å². The zero-order valence-corrected chi connectivity index (χ0v) is 16.8. The molecule has 0 spiro atoms. The molecule has 29 heavy (non-hydrogen) atoms. The molecule has 2 unspecified atom stereocenters. The van der Waals surface area contributed by atoms with E-state index in [1.165, 1.54) is 6.92 Å². The number of aliphatic carboxylic acids is 1. The molecular weight excluding hydrogens is 402 g/mol. The summed E-state index contributed by atoms with van der Waals surface area (Å²) in [6.07, 6.45) is 0.617. The number of rotatable bonds is 7. The van der Waals surface area contributed by atoms with Crippen molar-refractivity contribution in [2.24, 2.45) is 11.0 Å². The van der Waals surface area contributed by atoms with E-state index < -0.39 is 29.3 Å². The molecule has 0 amide bonds. The van der Waals surface area contributed by atoms with Crippen molar-refractivity contribution >= 4 is 29.0 Å². The van der Waals surface area contributed by atoms with Crippen molar-refractivity contribution in [3.8, 4) is 5.75 Å². The largest absolute Gasteiger partial charge is 0.485 e. The second-order valence-corrected chi connectivity index (χ2v) is 7.60. The summed E-state index contributed by atoms with van der Waals surface area (Å²) in [4.78, 5) is 10.9. The fourth-order valence-electron chi connectivity index (χ4n) is 3.24. The fraction of sp³-hybridized carbons (Fsp3) is 0.333. The number of anilines is 1. The summed E-state index contributed by atoms with van der Waals surface area (Å²) in [5, 5.41) is 15.7. The lowest BCUT2D eigenvalue weighted by Crippen LogP contribution is -2.32. The van der Waals surface area contributed by atoms with Crippen LogP contribution in [0.3, 0.4) is 0 Å². The zero-order valence-electron chi connectivity index (χ0n) is 16.0. The number of hydrogen-bond donors (Lipinski definition) is 1. The number of carbonyl (C=O) groups is 1. The highest BCUT2D eigenvalue weighted by Gasteiger charge is 2.28. The number of ether oxygens (including phenoxy) is 1. The van der Waals surface area contributed by atoms with Gasteiger partial charge < -0.3 is 9.84 Å². The second kappa shape index (κ2) is 8.78. The molecule has 0 saturated carbocycles. The molecule has 2 aromatic rings. The summed E-state index contributed by atoms with van der Waals surface area (Å²) in [5.41, 5.74) is 1.90. The summed E-state index contributed by atoms with van der Waals surface area (Å²) < 4.78 is 34.3. The zero-order chi connectivity index (χ0) is 21.1. The van der Waals surface area contributed by atoms with Crippen LogP contribution in [0.5, 0.6) is 5.75 Å². The Morgan fingerprint density at radius 1 is 1.34 bits per heavy atom. The first-order valence-electron chi connectivity index (χ1n) is 9.17. The average Bonchev–Trinajstić information content (AvgIpc) is 3.01. The predicted molar refractivity (Wildman–Crippen MR) is 108 cm³/mol. The SMILES string of the molecule is CC1=NN(c2cccc(Cl)c2)C(COc2c(F)cc(CC(C)C(=O)O)cc2F)C1. The van der Waals surface area contributed by atoms with Crippen molar-refractivity contribution in [3.63, 3.8) is 0 Å². The Morgan fingerprint density at radius 2 is 2.03 bits per heavy atom. The molecular formula is C21H21ClF2N2O3. The van der Waals surface area contributed by atoms with Crippen molar-refractivity contribution in [1.82, 2.24) is 0 Å². The van der Waals surface area contributed by atoms with Crippen molar-refractivity contribution in [2.75, 3.05) is 11.6 Å². The standard InChI is InChI=1S/C21H21ClF2N2O3/c1-12(21(27)28)6-14-8-18(23)20(19(24)9-14)29-11-17-7-13(2)25-26(17)16-5-3-4-15(22)10-16/h3-5,8-10,12,17H,6-7,11H2,1-2H3,(H,27,28). The van der Waals surface area contributed by atoms with E-state index in [-0.39, 0.29) is 24.6 Å². The minimum absolute atomic E-state index is 0.0199. The van der Waals surface area contributed by atoms with Crippen LogP contribution in [-0.2, 0) is 11.2 Å². The smallest absolute Gasteiger partial charge is 0.306 e. The van der Waals surface area contributed by atoms with E-state index >= 15 is 0 Å². The van der Waals surface area contributed by atoms with E-state index in [0.717, 1.165) is 23.5 Å². The minimum atomic E-state index is -1.02. The minimum Gasteiger partial charge on any atom is -0.485 e. The van der Waals surface area contributed by atoms with Gasteiger partial charge in [-0.3, -0.25) is 9.80 Å². The normalized spacial score (nSPS) is 17.2. The topological polar surface area (TPSA) is 62.1 Å². The Hall–Kier alpha value is -2.67. The van der Waals surface area contributed by atoms with Crippen molar-refractivity contribution < 1.29 is 23.4 Å². The Labute approximate surface area is 172 Å².